The number of fused-ring (bicyclic) bond motifs is 2. The quantitative estimate of drug-likeness (QED) is 0.774. The number of benzene rings is 1. The fourth-order valence-corrected chi connectivity index (χ4v) is 4.34. The van der Waals surface area contributed by atoms with Crippen molar-refractivity contribution in [3.8, 4) is 0 Å². The zero-order valence-corrected chi connectivity index (χ0v) is 12.6. The molecular formula is C16H18BrNO. The van der Waals surface area contributed by atoms with Crippen molar-refractivity contribution < 1.29 is 4.79 Å². The highest BCUT2D eigenvalue weighted by Crippen LogP contribution is 2.60. The molecule has 2 nitrogen and oxygen atoms in total. The van der Waals surface area contributed by atoms with E-state index < -0.39 is 0 Å². The van der Waals surface area contributed by atoms with E-state index in [-0.39, 0.29) is 11.3 Å². The van der Waals surface area contributed by atoms with Gasteiger partial charge in [0, 0.05) is 22.0 Å². The van der Waals surface area contributed by atoms with Gasteiger partial charge < -0.3 is 5.32 Å². The van der Waals surface area contributed by atoms with Crippen LogP contribution >= 0.6 is 15.9 Å². The lowest BCUT2D eigenvalue weighted by Gasteiger charge is -2.44. The number of amides is 1. The summed E-state index contributed by atoms with van der Waals surface area (Å²) in [5, 5.41) is 3.11. The van der Waals surface area contributed by atoms with Gasteiger partial charge in [-0.15, -0.1) is 0 Å². The summed E-state index contributed by atoms with van der Waals surface area (Å²) in [4.78, 5) is 12.0. The van der Waals surface area contributed by atoms with Gasteiger partial charge in [0.2, 0.25) is 0 Å². The van der Waals surface area contributed by atoms with Gasteiger partial charge in [-0.25, -0.2) is 0 Å². The van der Waals surface area contributed by atoms with E-state index in [2.05, 4.69) is 27.3 Å². The normalized spacial score (nSPS) is 26.1. The Morgan fingerprint density at radius 2 is 1.74 bits per heavy atom. The average Bonchev–Trinajstić information content (AvgIpc) is 3.18. The van der Waals surface area contributed by atoms with Crippen LogP contribution in [-0.2, 0) is 5.41 Å². The zero-order chi connectivity index (χ0) is 13.1. The van der Waals surface area contributed by atoms with Crippen molar-refractivity contribution in [3.05, 3.63) is 33.8 Å². The van der Waals surface area contributed by atoms with Gasteiger partial charge in [0.05, 0.1) is 0 Å². The lowest BCUT2D eigenvalue weighted by molar-refractivity contribution is 0.0901. The van der Waals surface area contributed by atoms with E-state index >= 15 is 0 Å². The van der Waals surface area contributed by atoms with Crippen LogP contribution in [0.1, 0.15) is 54.4 Å². The maximum Gasteiger partial charge on any atom is 0.251 e. The van der Waals surface area contributed by atoms with Crippen LogP contribution < -0.4 is 5.32 Å². The standard InChI is InChI=1S/C16H18BrNO/c17-11-1-2-12-13(9-11)16(10-18-14(12)19)7-5-15(3-4-15)6-8-16/h1-2,9H,3-8,10H2,(H,18,19). The third-order valence-electron chi connectivity index (χ3n) is 5.61. The third-order valence-corrected chi connectivity index (χ3v) is 6.10. The molecule has 0 radical (unpaired) electrons. The fourth-order valence-electron chi connectivity index (χ4n) is 3.97. The molecule has 0 atom stereocenters. The second-order valence-electron chi connectivity index (χ2n) is 6.65. The summed E-state index contributed by atoms with van der Waals surface area (Å²) in [6.07, 6.45) is 8.01. The molecule has 1 aromatic carbocycles. The molecule has 0 unspecified atom stereocenters. The molecule has 1 aliphatic heterocycles. The number of carbonyl (C=O) groups is 1. The second kappa shape index (κ2) is 3.85. The zero-order valence-electron chi connectivity index (χ0n) is 11.0. The van der Waals surface area contributed by atoms with Crippen LogP contribution in [0.25, 0.3) is 0 Å². The molecule has 1 aromatic rings. The van der Waals surface area contributed by atoms with Gasteiger partial charge in [0.1, 0.15) is 0 Å². The summed E-state index contributed by atoms with van der Waals surface area (Å²) in [7, 11) is 0. The van der Waals surface area contributed by atoms with E-state index in [4.69, 9.17) is 0 Å². The van der Waals surface area contributed by atoms with E-state index in [1.165, 1.54) is 44.1 Å². The number of hydrogen-bond donors (Lipinski definition) is 1. The SMILES string of the molecule is O=C1NCC2(CCC3(CC3)CC2)c2cc(Br)ccc21. The maximum absolute atomic E-state index is 12.0. The summed E-state index contributed by atoms with van der Waals surface area (Å²) in [5.41, 5.74) is 3.06. The van der Waals surface area contributed by atoms with Gasteiger partial charge in [0.15, 0.2) is 0 Å². The lowest BCUT2D eigenvalue weighted by atomic mass is 9.63. The van der Waals surface area contributed by atoms with Gasteiger partial charge in [0.25, 0.3) is 5.91 Å². The Morgan fingerprint density at radius 1 is 1.05 bits per heavy atom. The molecule has 0 bridgehead atoms. The first-order valence-corrected chi connectivity index (χ1v) is 8.00. The van der Waals surface area contributed by atoms with Gasteiger partial charge in [-0.05, 0) is 67.7 Å². The molecule has 0 aromatic heterocycles. The number of nitrogens with one attached hydrogen (secondary N) is 1. The molecule has 3 heteroatoms. The van der Waals surface area contributed by atoms with Crippen molar-refractivity contribution in [3.63, 3.8) is 0 Å². The van der Waals surface area contributed by atoms with Crippen molar-refractivity contribution in [2.45, 2.75) is 43.9 Å². The first kappa shape index (κ1) is 12.0. The molecule has 1 amide bonds. The van der Waals surface area contributed by atoms with Crippen molar-refractivity contribution in [2.24, 2.45) is 5.41 Å². The smallest absolute Gasteiger partial charge is 0.251 e. The molecule has 1 N–H and O–H groups in total. The Kier molecular flexibility index (Phi) is 2.42. The van der Waals surface area contributed by atoms with Gasteiger partial charge in [-0.1, -0.05) is 15.9 Å². The monoisotopic (exact) mass is 319 g/mol. The molecule has 2 saturated carbocycles. The first-order valence-electron chi connectivity index (χ1n) is 7.21. The summed E-state index contributed by atoms with van der Waals surface area (Å²) < 4.78 is 1.09. The summed E-state index contributed by atoms with van der Waals surface area (Å²) in [6, 6.07) is 6.12. The molecule has 100 valence electrons. The highest BCUT2D eigenvalue weighted by molar-refractivity contribution is 9.10. The van der Waals surface area contributed by atoms with Crippen LogP contribution in [0.15, 0.2) is 22.7 Å². The Bertz CT molecular complexity index is 552. The van der Waals surface area contributed by atoms with Crippen LogP contribution in [0.5, 0.6) is 0 Å². The minimum atomic E-state index is 0.0971. The van der Waals surface area contributed by atoms with Gasteiger partial charge in [-0.2, -0.15) is 0 Å². The van der Waals surface area contributed by atoms with Crippen LogP contribution in [0.2, 0.25) is 0 Å². The highest BCUT2D eigenvalue weighted by Gasteiger charge is 2.51. The van der Waals surface area contributed by atoms with Crippen LogP contribution in [0.3, 0.4) is 0 Å². The lowest BCUT2D eigenvalue weighted by Crippen LogP contribution is -2.49. The number of halogens is 1. The van der Waals surface area contributed by atoms with Crippen LogP contribution in [0, 0.1) is 5.41 Å². The molecular weight excluding hydrogens is 302 g/mol. The summed E-state index contributed by atoms with van der Waals surface area (Å²) >= 11 is 3.56. The molecule has 2 aliphatic carbocycles. The molecule has 19 heavy (non-hydrogen) atoms. The van der Waals surface area contributed by atoms with Gasteiger partial charge in [-0.3, -0.25) is 4.79 Å². The van der Waals surface area contributed by atoms with Crippen LogP contribution in [0.4, 0.5) is 0 Å². The van der Waals surface area contributed by atoms with E-state index in [0.717, 1.165) is 16.6 Å². The summed E-state index contributed by atoms with van der Waals surface area (Å²) in [5.74, 6) is 0.0971. The Labute approximate surface area is 122 Å². The molecule has 4 rings (SSSR count). The second-order valence-corrected chi connectivity index (χ2v) is 7.57. The molecule has 3 aliphatic rings. The van der Waals surface area contributed by atoms with Crippen molar-refractivity contribution in [2.75, 3.05) is 6.54 Å². The van der Waals surface area contributed by atoms with Crippen molar-refractivity contribution >= 4 is 21.8 Å². The Morgan fingerprint density at radius 3 is 2.42 bits per heavy atom. The number of carbonyl (C=O) groups excluding carboxylic acids is 1. The molecule has 0 saturated heterocycles. The first-order chi connectivity index (χ1) is 9.13. The summed E-state index contributed by atoms with van der Waals surface area (Å²) in [6.45, 7) is 0.825. The molecule has 2 fully saturated rings. The molecule has 1 heterocycles. The number of hydrogen-bond acceptors (Lipinski definition) is 1. The van der Waals surface area contributed by atoms with Crippen LogP contribution in [-0.4, -0.2) is 12.5 Å². The fraction of sp³-hybridized carbons (Fsp3) is 0.562. The van der Waals surface area contributed by atoms with Crippen molar-refractivity contribution in [1.29, 1.82) is 0 Å². The minimum Gasteiger partial charge on any atom is -0.351 e. The predicted octanol–water partition coefficient (Wildman–Crippen LogP) is 3.78. The average molecular weight is 320 g/mol. The van der Waals surface area contributed by atoms with E-state index in [9.17, 15) is 4.79 Å². The number of rotatable bonds is 0. The Balaban J connectivity index is 1.76. The van der Waals surface area contributed by atoms with Gasteiger partial charge >= 0.3 is 0 Å². The Hall–Kier alpha value is -0.830. The van der Waals surface area contributed by atoms with E-state index in [0.29, 0.717) is 5.41 Å². The van der Waals surface area contributed by atoms with E-state index in [1.54, 1.807) is 0 Å². The largest absolute Gasteiger partial charge is 0.351 e. The predicted molar refractivity (Wildman–Crippen MR) is 78.3 cm³/mol. The third kappa shape index (κ3) is 1.78. The molecule has 2 spiro atoms. The van der Waals surface area contributed by atoms with Crippen molar-refractivity contribution in [1.82, 2.24) is 5.32 Å². The van der Waals surface area contributed by atoms with E-state index in [1.807, 2.05) is 12.1 Å². The highest BCUT2D eigenvalue weighted by atomic mass is 79.9. The maximum atomic E-state index is 12.0. The topological polar surface area (TPSA) is 29.1 Å². The minimum absolute atomic E-state index is 0.0971.